The maximum atomic E-state index is 12.6. The summed E-state index contributed by atoms with van der Waals surface area (Å²) in [6.45, 7) is 4.08. The number of pyridine rings is 1. The predicted molar refractivity (Wildman–Crippen MR) is 101 cm³/mol. The number of rotatable bonds is 10. The van der Waals surface area contributed by atoms with Crippen LogP contribution in [0.1, 0.15) is 76.0 Å². The molecule has 2 rings (SSSR count). The van der Waals surface area contributed by atoms with E-state index in [9.17, 15) is 10.0 Å². The van der Waals surface area contributed by atoms with Gasteiger partial charge in [-0.15, -0.1) is 0 Å². The minimum absolute atomic E-state index is 0.0768. The number of hydrogen-bond acceptors (Lipinski definition) is 2. The molecule has 0 aliphatic rings. The highest BCUT2D eigenvalue weighted by molar-refractivity contribution is 5.79. The molecular formula is C21H31NO2. The highest BCUT2D eigenvalue weighted by Crippen LogP contribution is 2.17. The third-order valence-corrected chi connectivity index (χ3v) is 4.94. The maximum absolute atomic E-state index is 12.6. The fourth-order valence-electron chi connectivity index (χ4n) is 3.39. The minimum atomic E-state index is 0.0768. The van der Waals surface area contributed by atoms with Crippen LogP contribution in [0.3, 0.4) is 0 Å². The Kier molecular flexibility index (Phi) is 7.36. The van der Waals surface area contributed by atoms with Crippen molar-refractivity contribution in [3.63, 3.8) is 0 Å². The molecule has 0 aliphatic carbocycles. The smallest absolute Gasteiger partial charge is 0.193 e. The van der Waals surface area contributed by atoms with Crippen LogP contribution in [0.25, 0.3) is 10.9 Å². The van der Waals surface area contributed by atoms with Crippen molar-refractivity contribution in [2.75, 3.05) is 0 Å². The molecule has 0 radical (unpaired) electrons. The van der Waals surface area contributed by atoms with E-state index in [2.05, 4.69) is 6.92 Å². The van der Waals surface area contributed by atoms with Crippen LogP contribution >= 0.6 is 0 Å². The summed E-state index contributed by atoms with van der Waals surface area (Å²) in [6.07, 6.45) is 12.2. The van der Waals surface area contributed by atoms with Gasteiger partial charge < -0.3 is 5.21 Å². The third kappa shape index (κ3) is 4.62. The quantitative estimate of drug-likeness (QED) is 0.454. The number of nitrogens with zero attached hydrogens (tertiary/aromatic N) is 1. The molecule has 0 unspecified atom stereocenters. The van der Waals surface area contributed by atoms with Gasteiger partial charge in [-0.2, -0.15) is 4.73 Å². The van der Waals surface area contributed by atoms with E-state index in [-0.39, 0.29) is 5.43 Å². The summed E-state index contributed by atoms with van der Waals surface area (Å²) in [5, 5.41) is 10.9. The molecule has 0 bridgehead atoms. The SMILES string of the molecule is CCCCCCCCCCCc1c(C)n(O)c2ccccc2c1=O. The molecule has 0 saturated carbocycles. The second kappa shape index (κ2) is 9.51. The lowest BCUT2D eigenvalue weighted by molar-refractivity contribution is 0.190. The summed E-state index contributed by atoms with van der Waals surface area (Å²) in [6, 6.07) is 7.27. The van der Waals surface area contributed by atoms with Crippen LogP contribution in [-0.4, -0.2) is 9.94 Å². The molecule has 132 valence electrons. The van der Waals surface area contributed by atoms with Gasteiger partial charge in [-0.3, -0.25) is 4.79 Å². The molecule has 24 heavy (non-hydrogen) atoms. The average molecular weight is 329 g/mol. The first-order chi connectivity index (χ1) is 11.7. The lowest BCUT2D eigenvalue weighted by atomic mass is 10.0. The lowest BCUT2D eigenvalue weighted by Crippen LogP contribution is -2.17. The van der Waals surface area contributed by atoms with E-state index in [1.165, 1.54) is 49.7 Å². The second-order valence-electron chi connectivity index (χ2n) is 6.80. The molecule has 1 N–H and O–H groups in total. The summed E-state index contributed by atoms with van der Waals surface area (Å²) >= 11 is 0. The topological polar surface area (TPSA) is 42.2 Å². The number of hydrogen-bond donors (Lipinski definition) is 1. The van der Waals surface area contributed by atoms with Crippen molar-refractivity contribution in [1.82, 2.24) is 4.73 Å². The van der Waals surface area contributed by atoms with E-state index >= 15 is 0 Å². The van der Waals surface area contributed by atoms with Gasteiger partial charge in [0, 0.05) is 10.9 Å². The van der Waals surface area contributed by atoms with Gasteiger partial charge in [0.05, 0.1) is 11.2 Å². The molecule has 0 aliphatic heterocycles. The van der Waals surface area contributed by atoms with Crippen molar-refractivity contribution in [2.45, 2.75) is 78.1 Å². The Morgan fingerprint density at radius 1 is 0.917 bits per heavy atom. The van der Waals surface area contributed by atoms with Crippen LogP contribution in [-0.2, 0) is 6.42 Å². The average Bonchev–Trinajstić information content (AvgIpc) is 2.61. The second-order valence-corrected chi connectivity index (χ2v) is 6.80. The number of fused-ring (bicyclic) bond motifs is 1. The highest BCUT2D eigenvalue weighted by Gasteiger charge is 2.12. The van der Waals surface area contributed by atoms with Crippen LogP contribution in [0.15, 0.2) is 29.1 Å². The van der Waals surface area contributed by atoms with Crippen LogP contribution < -0.4 is 5.43 Å². The van der Waals surface area contributed by atoms with E-state index in [0.29, 0.717) is 16.6 Å². The maximum Gasteiger partial charge on any atom is 0.193 e. The first kappa shape index (κ1) is 18.6. The van der Waals surface area contributed by atoms with E-state index in [4.69, 9.17) is 0 Å². The fourth-order valence-corrected chi connectivity index (χ4v) is 3.39. The van der Waals surface area contributed by atoms with Gasteiger partial charge in [0.1, 0.15) is 0 Å². The van der Waals surface area contributed by atoms with E-state index < -0.39 is 0 Å². The molecule has 1 aromatic heterocycles. The first-order valence-electron chi connectivity index (χ1n) is 9.49. The minimum Gasteiger partial charge on any atom is -0.428 e. The Hall–Kier alpha value is -1.77. The van der Waals surface area contributed by atoms with E-state index in [1.54, 1.807) is 12.1 Å². The Morgan fingerprint density at radius 2 is 1.50 bits per heavy atom. The Labute approximate surface area is 145 Å². The summed E-state index contributed by atoms with van der Waals surface area (Å²) < 4.78 is 1.17. The van der Waals surface area contributed by atoms with Crippen LogP contribution in [0.4, 0.5) is 0 Å². The Bertz CT molecular complexity index is 703. The molecule has 0 atom stereocenters. The predicted octanol–water partition coefficient (Wildman–Crippen LogP) is 5.62. The largest absolute Gasteiger partial charge is 0.428 e. The fraction of sp³-hybridized carbons (Fsp3) is 0.571. The van der Waals surface area contributed by atoms with E-state index in [1.807, 2.05) is 19.1 Å². The monoisotopic (exact) mass is 329 g/mol. The van der Waals surface area contributed by atoms with Gasteiger partial charge in [-0.1, -0.05) is 70.4 Å². The molecule has 0 fully saturated rings. The zero-order chi connectivity index (χ0) is 17.4. The molecule has 0 spiro atoms. The zero-order valence-electron chi connectivity index (χ0n) is 15.2. The standard InChI is InChI=1S/C21H31NO2/c1-3-4-5-6-7-8-9-10-11-14-18-17(2)22(24)20-16-13-12-15-19(20)21(18)23/h12-13,15-16,24H,3-11,14H2,1-2H3. The van der Waals surface area contributed by atoms with Crippen molar-refractivity contribution in [2.24, 2.45) is 0 Å². The van der Waals surface area contributed by atoms with Crippen LogP contribution in [0, 0.1) is 6.92 Å². The van der Waals surface area contributed by atoms with Crippen molar-refractivity contribution in [3.8, 4) is 0 Å². The number of unbranched alkanes of at least 4 members (excludes halogenated alkanes) is 8. The summed E-state index contributed by atoms with van der Waals surface area (Å²) in [7, 11) is 0. The molecule has 0 saturated heterocycles. The summed E-state index contributed by atoms with van der Waals surface area (Å²) in [4.78, 5) is 12.6. The molecule has 1 heterocycles. The first-order valence-corrected chi connectivity index (χ1v) is 9.49. The lowest BCUT2D eigenvalue weighted by Gasteiger charge is -2.12. The number of para-hydroxylation sites is 1. The molecule has 3 heteroatoms. The van der Waals surface area contributed by atoms with Gasteiger partial charge in [0.25, 0.3) is 0 Å². The summed E-state index contributed by atoms with van der Waals surface area (Å²) in [5.41, 5.74) is 2.11. The number of benzene rings is 1. The molecular weight excluding hydrogens is 298 g/mol. The van der Waals surface area contributed by atoms with Gasteiger partial charge >= 0.3 is 0 Å². The summed E-state index contributed by atoms with van der Waals surface area (Å²) in [5.74, 6) is 0. The van der Waals surface area contributed by atoms with Gasteiger partial charge in [0.2, 0.25) is 0 Å². The molecule has 1 aromatic carbocycles. The molecule has 2 aromatic rings. The van der Waals surface area contributed by atoms with Crippen molar-refractivity contribution < 1.29 is 5.21 Å². The Balaban J connectivity index is 1.86. The van der Waals surface area contributed by atoms with Gasteiger partial charge in [-0.05, 0) is 31.9 Å². The normalized spacial score (nSPS) is 11.2. The third-order valence-electron chi connectivity index (χ3n) is 4.94. The molecule has 3 nitrogen and oxygen atoms in total. The molecule has 0 amide bonds. The van der Waals surface area contributed by atoms with Gasteiger partial charge in [0.15, 0.2) is 5.43 Å². The van der Waals surface area contributed by atoms with Gasteiger partial charge in [-0.25, -0.2) is 0 Å². The van der Waals surface area contributed by atoms with Crippen molar-refractivity contribution >= 4 is 10.9 Å². The van der Waals surface area contributed by atoms with Crippen molar-refractivity contribution in [1.29, 1.82) is 0 Å². The zero-order valence-corrected chi connectivity index (χ0v) is 15.2. The van der Waals surface area contributed by atoms with Crippen LogP contribution in [0.2, 0.25) is 0 Å². The van der Waals surface area contributed by atoms with Crippen molar-refractivity contribution in [3.05, 3.63) is 45.7 Å². The van der Waals surface area contributed by atoms with Crippen LogP contribution in [0.5, 0.6) is 0 Å². The number of aromatic nitrogens is 1. The van der Waals surface area contributed by atoms with E-state index in [0.717, 1.165) is 24.8 Å². The highest BCUT2D eigenvalue weighted by atomic mass is 16.5. The Morgan fingerprint density at radius 3 is 2.17 bits per heavy atom.